The fraction of sp³-hybridized carbons (Fsp3) is 0.286. The monoisotopic (exact) mass is 380 g/mol. The molecular formula is C21H21FN4O2. The van der Waals surface area contributed by atoms with Gasteiger partial charge in [0.2, 0.25) is 0 Å². The second-order valence-electron chi connectivity index (χ2n) is 7.05. The Morgan fingerprint density at radius 3 is 2.79 bits per heavy atom. The van der Waals surface area contributed by atoms with Crippen LogP contribution in [-0.2, 0) is 0 Å². The maximum absolute atomic E-state index is 13.6. The quantitative estimate of drug-likeness (QED) is 0.884. The molecule has 1 aromatic carbocycles. The highest BCUT2D eigenvalue weighted by atomic mass is 19.1. The summed E-state index contributed by atoms with van der Waals surface area (Å²) in [5.74, 6) is 1.25. The average Bonchev–Trinajstić information content (AvgIpc) is 2.70. The molecule has 1 N–H and O–H groups in total. The number of fused-ring (bicyclic) bond motifs is 1. The summed E-state index contributed by atoms with van der Waals surface area (Å²) in [4.78, 5) is 21.3. The van der Waals surface area contributed by atoms with Crippen LogP contribution in [0, 0.1) is 17.7 Å². The van der Waals surface area contributed by atoms with Crippen molar-refractivity contribution in [2.24, 2.45) is 11.8 Å². The molecule has 1 amide bonds. The molecule has 0 spiro atoms. The van der Waals surface area contributed by atoms with Gasteiger partial charge in [0.15, 0.2) is 5.82 Å². The second kappa shape index (κ2) is 7.42. The van der Waals surface area contributed by atoms with Gasteiger partial charge in [0.05, 0.1) is 12.1 Å². The van der Waals surface area contributed by atoms with Gasteiger partial charge in [0, 0.05) is 24.0 Å². The van der Waals surface area contributed by atoms with E-state index in [-0.39, 0.29) is 5.91 Å². The number of hydrogen-bond acceptors (Lipinski definition) is 5. The van der Waals surface area contributed by atoms with E-state index in [9.17, 15) is 9.18 Å². The number of amides is 1. The molecule has 0 saturated heterocycles. The molecule has 28 heavy (non-hydrogen) atoms. The minimum absolute atomic E-state index is 0.329. The summed E-state index contributed by atoms with van der Waals surface area (Å²) in [6, 6.07) is 4.21. The lowest BCUT2D eigenvalue weighted by atomic mass is 9.88. The summed E-state index contributed by atoms with van der Waals surface area (Å²) < 4.78 is 19.1. The van der Waals surface area contributed by atoms with E-state index in [1.54, 1.807) is 11.1 Å². The molecule has 2 atom stereocenters. The first-order valence-electron chi connectivity index (χ1n) is 9.24. The minimum Gasteiger partial charge on any atom is -0.489 e. The first-order valence-corrected chi connectivity index (χ1v) is 9.24. The van der Waals surface area contributed by atoms with Crippen molar-refractivity contribution < 1.29 is 13.9 Å². The highest BCUT2D eigenvalue weighted by Crippen LogP contribution is 2.31. The number of carbonyl (C=O) groups is 1. The van der Waals surface area contributed by atoms with Crippen molar-refractivity contribution in [1.29, 1.82) is 0 Å². The number of nitrogens with one attached hydrogen (secondary N) is 1. The van der Waals surface area contributed by atoms with Crippen molar-refractivity contribution in [2.75, 3.05) is 18.2 Å². The number of allylic oxidation sites excluding steroid dienone is 4. The van der Waals surface area contributed by atoms with E-state index >= 15 is 0 Å². The van der Waals surface area contributed by atoms with Crippen LogP contribution < -0.4 is 15.2 Å². The number of carbonyl (C=O) groups excluding carboxylic acids is 1. The van der Waals surface area contributed by atoms with E-state index in [4.69, 9.17) is 4.74 Å². The smallest absolute Gasteiger partial charge is 0.272 e. The van der Waals surface area contributed by atoms with Crippen LogP contribution in [0.15, 0.2) is 48.8 Å². The Morgan fingerprint density at radius 2 is 2.04 bits per heavy atom. The molecule has 0 fully saturated rings. The molecule has 144 valence electrons. The van der Waals surface area contributed by atoms with Gasteiger partial charge < -0.3 is 4.74 Å². The first-order chi connectivity index (χ1) is 13.5. The molecule has 0 radical (unpaired) electrons. The Bertz CT molecular complexity index is 955. The van der Waals surface area contributed by atoms with Crippen LogP contribution in [0.2, 0.25) is 0 Å². The Morgan fingerprint density at radius 1 is 1.25 bits per heavy atom. The van der Waals surface area contributed by atoms with Crippen molar-refractivity contribution >= 4 is 17.2 Å². The normalized spacial score (nSPS) is 20.8. The zero-order valence-electron chi connectivity index (χ0n) is 15.7. The van der Waals surface area contributed by atoms with Crippen LogP contribution in [0.1, 0.15) is 30.0 Å². The Labute approximate surface area is 162 Å². The summed E-state index contributed by atoms with van der Waals surface area (Å²) in [7, 11) is 0. The van der Waals surface area contributed by atoms with E-state index < -0.39 is 5.82 Å². The number of ether oxygens (including phenoxy) is 1. The summed E-state index contributed by atoms with van der Waals surface area (Å²) in [5, 5.41) is 1.58. The van der Waals surface area contributed by atoms with E-state index in [1.165, 1.54) is 24.5 Å². The SMILES string of the molecule is CC1C=CC(c2ncc(C(=O)NN3CCOc4ccc(F)cc43)cn2)=CC1C. The van der Waals surface area contributed by atoms with Gasteiger partial charge in [-0.1, -0.05) is 32.1 Å². The maximum atomic E-state index is 13.6. The topological polar surface area (TPSA) is 67.4 Å². The number of nitrogens with zero attached hydrogens (tertiary/aromatic N) is 3. The highest BCUT2D eigenvalue weighted by Gasteiger charge is 2.22. The van der Waals surface area contributed by atoms with Crippen molar-refractivity contribution in [3.05, 3.63) is 66.0 Å². The average molecular weight is 380 g/mol. The van der Waals surface area contributed by atoms with E-state index in [2.05, 4.69) is 41.4 Å². The third-order valence-electron chi connectivity index (χ3n) is 5.04. The summed E-state index contributed by atoms with van der Waals surface area (Å²) in [6.45, 7) is 5.12. The third kappa shape index (κ3) is 3.60. The molecule has 0 saturated carbocycles. The Kier molecular flexibility index (Phi) is 4.81. The molecule has 7 heteroatoms. The van der Waals surface area contributed by atoms with E-state index in [0.717, 1.165) is 5.57 Å². The molecule has 1 aliphatic heterocycles. The van der Waals surface area contributed by atoms with Gasteiger partial charge in [-0.2, -0.15) is 0 Å². The number of aromatic nitrogens is 2. The fourth-order valence-electron chi connectivity index (χ4n) is 3.16. The van der Waals surface area contributed by atoms with Gasteiger partial charge in [-0.15, -0.1) is 0 Å². The van der Waals surface area contributed by atoms with Gasteiger partial charge in [0.1, 0.15) is 23.9 Å². The Balaban J connectivity index is 1.49. The standard InChI is InChI=1S/C21H21FN4O2/c1-13-3-4-15(9-14(13)2)20-23-11-16(12-24-20)21(27)25-26-7-8-28-19-6-5-17(22)10-18(19)26/h3-6,9-14H,7-8H2,1-2H3,(H,25,27). The molecule has 6 nitrogen and oxygen atoms in total. The zero-order valence-corrected chi connectivity index (χ0v) is 15.7. The van der Waals surface area contributed by atoms with Crippen molar-refractivity contribution in [3.8, 4) is 5.75 Å². The largest absolute Gasteiger partial charge is 0.489 e. The van der Waals surface area contributed by atoms with Crippen LogP contribution in [-0.4, -0.2) is 29.0 Å². The van der Waals surface area contributed by atoms with Gasteiger partial charge >= 0.3 is 0 Å². The molecule has 2 heterocycles. The fourth-order valence-corrected chi connectivity index (χ4v) is 3.16. The predicted molar refractivity (Wildman–Crippen MR) is 104 cm³/mol. The van der Waals surface area contributed by atoms with Crippen molar-refractivity contribution in [2.45, 2.75) is 13.8 Å². The Hall–Kier alpha value is -3.22. The van der Waals surface area contributed by atoms with Crippen LogP contribution in [0.25, 0.3) is 5.57 Å². The second-order valence-corrected chi connectivity index (χ2v) is 7.05. The molecule has 1 aliphatic carbocycles. The number of halogens is 1. The lowest BCUT2D eigenvalue weighted by Gasteiger charge is -2.31. The molecular weight excluding hydrogens is 359 g/mol. The van der Waals surface area contributed by atoms with Gasteiger partial charge in [0.25, 0.3) is 5.91 Å². The van der Waals surface area contributed by atoms with Gasteiger partial charge in [-0.05, 0) is 24.0 Å². The molecule has 2 unspecified atom stereocenters. The maximum Gasteiger partial charge on any atom is 0.272 e. The number of hydrogen-bond donors (Lipinski definition) is 1. The number of hydrazine groups is 1. The van der Waals surface area contributed by atoms with Crippen LogP contribution >= 0.6 is 0 Å². The molecule has 1 aromatic heterocycles. The highest BCUT2D eigenvalue weighted by molar-refractivity contribution is 5.94. The zero-order chi connectivity index (χ0) is 19.7. The first kappa shape index (κ1) is 18.2. The van der Waals surface area contributed by atoms with E-state index in [1.807, 2.05) is 6.08 Å². The number of rotatable bonds is 3. The van der Waals surface area contributed by atoms with Gasteiger partial charge in [-0.25, -0.2) is 14.4 Å². The lowest BCUT2D eigenvalue weighted by Crippen LogP contribution is -2.46. The van der Waals surface area contributed by atoms with Crippen molar-refractivity contribution in [1.82, 2.24) is 15.4 Å². The van der Waals surface area contributed by atoms with Crippen LogP contribution in [0.5, 0.6) is 5.75 Å². The van der Waals surface area contributed by atoms with E-state index in [0.29, 0.717) is 47.8 Å². The number of anilines is 1. The van der Waals surface area contributed by atoms with Crippen molar-refractivity contribution in [3.63, 3.8) is 0 Å². The summed E-state index contributed by atoms with van der Waals surface area (Å²) in [6.07, 6.45) is 9.29. The summed E-state index contributed by atoms with van der Waals surface area (Å²) >= 11 is 0. The molecule has 0 bridgehead atoms. The number of benzene rings is 1. The molecule has 2 aliphatic rings. The predicted octanol–water partition coefficient (Wildman–Crippen LogP) is 3.38. The van der Waals surface area contributed by atoms with Gasteiger partial charge in [-0.3, -0.25) is 15.2 Å². The summed E-state index contributed by atoms with van der Waals surface area (Å²) in [5.41, 5.74) is 4.54. The van der Waals surface area contributed by atoms with Crippen LogP contribution in [0.3, 0.4) is 0 Å². The minimum atomic E-state index is -0.395. The molecule has 2 aromatic rings. The lowest BCUT2D eigenvalue weighted by molar-refractivity contribution is 0.0944. The molecule has 4 rings (SSSR count). The third-order valence-corrected chi connectivity index (χ3v) is 5.04. The van der Waals surface area contributed by atoms with Crippen LogP contribution in [0.4, 0.5) is 10.1 Å².